The molecule has 5 unspecified atom stereocenters. The maximum absolute atomic E-state index is 14.2. The van der Waals surface area contributed by atoms with E-state index in [0.717, 1.165) is 11.1 Å². The monoisotopic (exact) mass is 1100 g/mol. The summed E-state index contributed by atoms with van der Waals surface area (Å²) in [5, 5.41) is 56.2. The molecule has 4 aromatic carbocycles. The number of aryl methyl sites for hydroxylation is 1. The SMILES string of the molecule is CC(C)CC(NC=O)C(=O)C(C)(C)O.CCNC(=O)c1nnc(-c2cc(C(C)C)c(O)cc2O)n1-c1ccc(C(=O)NC(C(=O)NC(CCc2ccccc2)C(=O)NC(CC(C)C)C(=O)NC(C)Cc2ccccc2)C(C)C)cc1. The molecule has 0 fully saturated rings. The van der Waals surface area contributed by atoms with Crippen LogP contribution in [0.2, 0.25) is 0 Å². The second kappa shape index (κ2) is 30.4. The first-order chi connectivity index (χ1) is 37.7. The Morgan fingerprint density at radius 3 is 1.75 bits per heavy atom. The number of carbonyl (C=O) groups excluding carboxylic acids is 7. The van der Waals surface area contributed by atoms with E-state index in [9.17, 15) is 48.9 Å². The van der Waals surface area contributed by atoms with E-state index in [1.807, 2.05) is 109 Å². The van der Waals surface area contributed by atoms with Crippen LogP contribution in [-0.4, -0.2) is 114 Å². The van der Waals surface area contributed by atoms with Gasteiger partial charge < -0.3 is 47.2 Å². The highest BCUT2D eigenvalue weighted by atomic mass is 16.3. The molecular formula is C61H83N9O10. The zero-order valence-electron chi connectivity index (χ0n) is 48.3. The molecule has 0 radical (unpaired) electrons. The summed E-state index contributed by atoms with van der Waals surface area (Å²) in [6.45, 7) is 22.0. The first-order valence-electron chi connectivity index (χ1n) is 27.4. The summed E-state index contributed by atoms with van der Waals surface area (Å²) in [6.07, 6.45) is 2.72. The predicted molar refractivity (Wildman–Crippen MR) is 308 cm³/mol. The van der Waals surface area contributed by atoms with Gasteiger partial charge in [0.2, 0.25) is 30.0 Å². The molecule has 0 aliphatic heterocycles. The fourth-order valence-corrected chi connectivity index (χ4v) is 8.90. The van der Waals surface area contributed by atoms with Crippen molar-refractivity contribution >= 4 is 41.7 Å². The van der Waals surface area contributed by atoms with Gasteiger partial charge in [0.25, 0.3) is 11.8 Å². The molecule has 1 heterocycles. The van der Waals surface area contributed by atoms with Crippen molar-refractivity contribution in [1.29, 1.82) is 0 Å². The van der Waals surface area contributed by atoms with Crippen LogP contribution in [0.3, 0.4) is 0 Å². The number of amides is 6. The summed E-state index contributed by atoms with van der Waals surface area (Å²) < 4.78 is 1.45. The van der Waals surface area contributed by atoms with Crippen LogP contribution in [0.5, 0.6) is 11.5 Å². The van der Waals surface area contributed by atoms with Crippen molar-refractivity contribution in [2.75, 3.05) is 6.54 Å². The Morgan fingerprint density at radius 2 is 1.21 bits per heavy atom. The number of rotatable bonds is 27. The van der Waals surface area contributed by atoms with Gasteiger partial charge in [-0.1, -0.05) is 116 Å². The quantitative estimate of drug-likeness (QED) is 0.0244. The lowest BCUT2D eigenvalue weighted by molar-refractivity contribution is -0.137. The zero-order chi connectivity index (χ0) is 59.4. The molecule has 0 saturated heterocycles. The molecule has 9 N–H and O–H groups in total. The van der Waals surface area contributed by atoms with E-state index in [1.165, 1.54) is 36.6 Å². The molecule has 0 bridgehead atoms. The predicted octanol–water partition coefficient (Wildman–Crippen LogP) is 6.86. The number of hydrogen-bond donors (Lipinski definition) is 9. The number of aromatic hydroxyl groups is 2. The molecule has 432 valence electrons. The Balaban J connectivity index is 0.000000863. The van der Waals surface area contributed by atoms with Crippen LogP contribution in [0.1, 0.15) is 146 Å². The Bertz CT molecular complexity index is 2850. The molecule has 5 atom stereocenters. The fourth-order valence-electron chi connectivity index (χ4n) is 8.90. The minimum absolute atomic E-state index is 0.0706. The van der Waals surface area contributed by atoms with Crippen molar-refractivity contribution in [3.05, 3.63) is 125 Å². The van der Waals surface area contributed by atoms with E-state index >= 15 is 0 Å². The average molecular weight is 1100 g/mol. The number of benzene rings is 4. The number of Topliss-reactive ketones (excluding diaryl/α,β-unsaturated/α-hetero) is 1. The summed E-state index contributed by atoms with van der Waals surface area (Å²) in [6, 6.07) is 24.7. The number of ketones is 1. The van der Waals surface area contributed by atoms with Gasteiger partial charge in [-0.2, -0.15) is 0 Å². The van der Waals surface area contributed by atoms with Gasteiger partial charge in [0, 0.05) is 29.9 Å². The molecule has 5 rings (SSSR count). The fraction of sp³-hybridized carbons (Fsp3) is 0.459. The van der Waals surface area contributed by atoms with Crippen molar-refractivity contribution in [3.63, 3.8) is 0 Å². The van der Waals surface area contributed by atoms with Gasteiger partial charge >= 0.3 is 0 Å². The third kappa shape index (κ3) is 19.2. The first kappa shape index (κ1) is 64.6. The molecule has 0 aliphatic carbocycles. The lowest BCUT2D eigenvalue weighted by Gasteiger charge is -2.28. The number of carbonyl (C=O) groups is 7. The second-order valence-electron chi connectivity index (χ2n) is 22.1. The Labute approximate surface area is 470 Å². The number of hydrogen-bond acceptors (Lipinski definition) is 12. The molecule has 0 spiro atoms. The van der Waals surface area contributed by atoms with Gasteiger partial charge in [-0.05, 0) is 130 Å². The Morgan fingerprint density at radius 1 is 0.650 bits per heavy atom. The maximum Gasteiger partial charge on any atom is 0.289 e. The Hall–Kier alpha value is -7.93. The number of aliphatic hydroxyl groups is 1. The van der Waals surface area contributed by atoms with Crippen molar-refractivity contribution in [3.8, 4) is 28.6 Å². The Kier molecular flexibility index (Phi) is 24.6. The molecule has 19 heteroatoms. The second-order valence-corrected chi connectivity index (χ2v) is 22.1. The molecule has 0 saturated carbocycles. The highest BCUT2D eigenvalue weighted by Crippen LogP contribution is 2.38. The largest absolute Gasteiger partial charge is 0.508 e. The molecule has 19 nitrogen and oxygen atoms in total. The summed E-state index contributed by atoms with van der Waals surface area (Å²) in [5.41, 5.74) is 2.02. The minimum atomic E-state index is -1.39. The minimum Gasteiger partial charge on any atom is -0.508 e. The summed E-state index contributed by atoms with van der Waals surface area (Å²) in [7, 11) is 0. The van der Waals surface area contributed by atoms with Crippen LogP contribution in [0.25, 0.3) is 17.1 Å². The van der Waals surface area contributed by atoms with Crippen molar-refractivity contribution < 1.29 is 48.9 Å². The first-order valence-corrected chi connectivity index (χ1v) is 27.4. The zero-order valence-corrected chi connectivity index (χ0v) is 48.3. The normalized spacial score (nSPS) is 13.3. The van der Waals surface area contributed by atoms with E-state index in [4.69, 9.17) is 0 Å². The van der Waals surface area contributed by atoms with Crippen LogP contribution in [0, 0.1) is 17.8 Å². The van der Waals surface area contributed by atoms with E-state index in [0.29, 0.717) is 55.8 Å². The molecular weight excluding hydrogens is 1020 g/mol. The topological polar surface area (TPSA) is 283 Å². The van der Waals surface area contributed by atoms with E-state index < -0.39 is 59.3 Å². The van der Waals surface area contributed by atoms with Gasteiger partial charge in [0.15, 0.2) is 11.6 Å². The van der Waals surface area contributed by atoms with E-state index in [-0.39, 0.29) is 70.3 Å². The van der Waals surface area contributed by atoms with Crippen molar-refractivity contribution in [2.45, 2.75) is 157 Å². The highest BCUT2D eigenvalue weighted by Gasteiger charge is 2.34. The lowest BCUT2D eigenvalue weighted by atomic mass is 9.91. The summed E-state index contributed by atoms with van der Waals surface area (Å²) in [4.78, 5) is 91.0. The molecule has 5 aromatic rings. The van der Waals surface area contributed by atoms with E-state index in [1.54, 1.807) is 39.0 Å². The number of phenolic OH excluding ortho intramolecular Hbond substituents is 2. The average Bonchev–Trinajstić information content (AvgIpc) is 3.83. The number of aromatic nitrogens is 3. The van der Waals surface area contributed by atoms with Crippen molar-refractivity contribution in [1.82, 2.24) is 46.7 Å². The van der Waals surface area contributed by atoms with Gasteiger partial charge in [-0.3, -0.25) is 38.1 Å². The van der Waals surface area contributed by atoms with Crippen LogP contribution in [0.15, 0.2) is 97.1 Å². The highest BCUT2D eigenvalue weighted by molar-refractivity contribution is 5.99. The van der Waals surface area contributed by atoms with Crippen molar-refractivity contribution in [2.24, 2.45) is 17.8 Å². The maximum atomic E-state index is 14.2. The van der Waals surface area contributed by atoms with Crippen LogP contribution in [0.4, 0.5) is 0 Å². The lowest BCUT2D eigenvalue weighted by Crippen LogP contribution is -2.58. The summed E-state index contributed by atoms with van der Waals surface area (Å²) >= 11 is 0. The molecule has 6 amide bonds. The van der Waals surface area contributed by atoms with Crippen LogP contribution in [-0.2, 0) is 36.8 Å². The van der Waals surface area contributed by atoms with Gasteiger partial charge in [-0.15, -0.1) is 10.2 Å². The van der Waals surface area contributed by atoms with Crippen LogP contribution < -0.4 is 31.9 Å². The number of nitrogens with one attached hydrogen (secondary N) is 6. The van der Waals surface area contributed by atoms with E-state index in [2.05, 4.69) is 42.1 Å². The molecule has 80 heavy (non-hydrogen) atoms. The smallest absolute Gasteiger partial charge is 0.289 e. The van der Waals surface area contributed by atoms with Gasteiger partial charge in [-0.25, -0.2) is 0 Å². The number of phenols is 2. The number of nitrogens with zero attached hydrogens (tertiary/aromatic N) is 3. The third-order valence-electron chi connectivity index (χ3n) is 13.0. The molecule has 0 aliphatic rings. The standard InChI is InChI=1S/C51H64N8O7.C10H19NO3/c1-9-52-51(66)46-58-57-45(39-28-38(31(4)5)42(60)29-43(39)61)59(46)37-23-21-36(22-24-37)47(62)56-44(32(6)7)50(65)54-40(25-20-34-16-12-10-13-17-34)48(63)55-41(26-30(2)3)49(64)53-33(8)27-35-18-14-11-15-19-35;1-7(2)5-8(11-6-12)9(13)10(3,4)14/h10-19,21-24,28-33,40-41,44,60-61H,9,20,25-27H2,1-8H3,(H,52,66)(H,53,64)(H,54,65)(H,55,63)(H,56,62);6-8,14H,5H2,1-4H3,(H,11,12). The molecule has 1 aromatic heterocycles. The summed E-state index contributed by atoms with van der Waals surface area (Å²) in [5.74, 6) is -3.27. The van der Waals surface area contributed by atoms with Crippen LogP contribution >= 0.6 is 0 Å². The van der Waals surface area contributed by atoms with Gasteiger partial charge in [0.1, 0.15) is 35.2 Å². The van der Waals surface area contributed by atoms with Gasteiger partial charge in [0.05, 0.1) is 11.6 Å². The third-order valence-corrected chi connectivity index (χ3v) is 13.0.